The molecule has 1 aromatic rings. The van der Waals surface area contributed by atoms with Crippen LogP contribution in [-0.2, 0) is 0 Å². The van der Waals surface area contributed by atoms with E-state index in [2.05, 4.69) is 15.9 Å². The minimum absolute atomic E-state index is 0.113. The van der Waals surface area contributed by atoms with E-state index in [9.17, 15) is 15.0 Å². The molecule has 2 N–H and O–H groups in total. The lowest BCUT2D eigenvalue weighted by atomic mass is 10.1. The summed E-state index contributed by atoms with van der Waals surface area (Å²) in [6.45, 7) is 1.72. The van der Waals surface area contributed by atoms with E-state index in [0.717, 1.165) is 0 Å². The lowest BCUT2D eigenvalue weighted by Crippen LogP contribution is -1.95. The number of carbonyl (C=O) groups is 1. The van der Waals surface area contributed by atoms with Gasteiger partial charge in [-0.25, -0.2) is 0 Å². The molecule has 0 aliphatic heterocycles. The summed E-state index contributed by atoms with van der Waals surface area (Å²) in [5, 5.41) is 18.5. The topological polar surface area (TPSA) is 57.5 Å². The fraction of sp³-hybridized carbons (Fsp3) is 0.222. The van der Waals surface area contributed by atoms with E-state index in [0.29, 0.717) is 12.0 Å². The maximum Gasteiger partial charge on any atom is 0.162 e. The molecule has 0 fully saturated rings. The molecule has 3 nitrogen and oxygen atoms in total. The van der Waals surface area contributed by atoms with Crippen molar-refractivity contribution < 1.29 is 15.0 Å². The largest absolute Gasteiger partial charge is 0.507 e. The maximum absolute atomic E-state index is 11.2. The molecule has 0 aliphatic carbocycles. The molecule has 0 aromatic heterocycles. The van der Waals surface area contributed by atoms with Gasteiger partial charge in [-0.3, -0.25) is 4.79 Å². The second-order valence-corrected chi connectivity index (χ2v) is 3.40. The molecule has 4 heteroatoms. The Morgan fingerprint density at radius 1 is 1.38 bits per heavy atom. The number of hydrogen-bond donors (Lipinski definition) is 2. The van der Waals surface area contributed by atoms with E-state index >= 15 is 0 Å². The number of ketones is 1. The van der Waals surface area contributed by atoms with Gasteiger partial charge in [-0.1, -0.05) is 6.92 Å². The first kappa shape index (κ1) is 10.1. The quantitative estimate of drug-likeness (QED) is 0.787. The first-order valence-corrected chi connectivity index (χ1v) is 4.60. The molecule has 0 atom stereocenters. The van der Waals surface area contributed by atoms with Gasteiger partial charge in [-0.2, -0.15) is 0 Å². The Morgan fingerprint density at radius 2 is 1.85 bits per heavy atom. The molecule has 1 aromatic carbocycles. The molecule has 13 heavy (non-hydrogen) atoms. The number of halogens is 1. The van der Waals surface area contributed by atoms with Gasteiger partial charge in [0.2, 0.25) is 0 Å². The van der Waals surface area contributed by atoms with Crippen LogP contribution in [0.1, 0.15) is 23.7 Å². The van der Waals surface area contributed by atoms with Crippen molar-refractivity contribution in [2.24, 2.45) is 0 Å². The van der Waals surface area contributed by atoms with Gasteiger partial charge in [0.15, 0.2) is 5.78 Å². The Hall–Kier alpha value is -1.03. The predicted octanol–water partition coefficient (Wildman–Crippen LogP) is 2.45. The molecule has 0 saturated heterocycles. The zero-order chi connectivity index (χ0) is 10.0. The highest BCUT2D eigenvalue weighted by molar-refractivity contribution is 9.10. The number of phenols is 2. The number of benzene rings is 1. The van der Waals surface area contributed by atoms with Crippen molar-refractivity contribution in [1.82, 2.24) is 0 Å². The van der Waals surface area contributed by atoms with Crippen LogP contribution in [0.2, 0.25) is 0 Å². The number of phenolic OH excluding ortho intramolecular Hbond substituents is 2. The fourth-order valence-corrected chi connectivity index (χ4v) is 1.19. The van der Waals surface area contributed by atoms with Crippen molar-refractivity contribution in [2.45, 2.75) is 13.3 Å². The third-order valence-corrected chi connectivity index (χ3v) is 2.49. The van der Waals surface area contributed by atoms with Gasteiger partial charge in [0.1, 0.15) is 16.0 Å². The van der Waals surface area contributed by atoms with E-state index in [1.54, 1.807) is 6.92 Å². The Kier molecular flexibility index (Phi) is 2.93. The standard InChI is InChI=1S/C9H9BrO3/c1-2-6(11)5-3-7(12)9(10)8(13)4-5/h3-4,12-13H,2H2,1H3. The van der Waals surface area contributed by atoms with E-state index < -0.39 is 0 Å². The van der Waals surface area contributed by atoms with Crippen LogP contribution in [0.3, 0.4) is 0 Å². The highest BCUT2D eigenvalue weighted by Crippen LogP contribution is 2.34. The van der Waals surface area contributed by atoms with E-state index in [1.807, 2.05) is 0 Å². The van der Waals surface area contributed by atoms with Gasteiger partial charge >= 0.3 is 0 Å². The first-order chi connectivity index (χ1) is 6.06. The van der Waals surface area contributed by atoms with Crippen LogP contribution in [0.5, 0.6) is 11.5 Å². The molecule has 0 radical (unpaired) electrons. The molecular weight excluding hydrogens is 236 g/mol. The minimum atomic E-state index is -0.128. The average Bonchev–Trinajstić information content (AvgIpc) is 2.12. The summed E-state index contributed by atoms with van der Waals surface area (Å²) < 4.78 is 0.208. The van der Waals surface area contributed by atoms with Gasteiger partial charge in [0, 0.05) is 12.0 Å². The number of Topliss-reactive ketones (excluding diaryl/α,β-unsaturated/α-hetero) is 1. The molecule has 1 rings (SSSR count). The van der Waals surface area contributed by atoms with Crippen LogP contribution in [-0.4, -0.2) is 16.0 Å². The van der Waals surface area contributed by atoms with Crippen molar-refractivity contribution in [3.63, 3.8) is 0 Å². The summed E-state index contributed by atoms with van der Waals surface area (Å²) >= 11 is 2.97. The van der Waals surface area contributed by atoms with Crippen LogP contribution in [0, 0.1) is 0 Å². The summed E-state index contributed by atoms with van der Waals surface area (Å²) in [4.78, 5) is 11.2. The molecule has 70 valence electrons. The normalized spacial score (nSPS) is 10.0. The molecule has 0 amide bonds. The van der Waals surface area contributed by atoms with Crippen LogP contribution >= 0.6 is 15.9 Å². The summed E-state index contributed by atoms with van der Waals surface area (Å²) in [5.41, 5.74) is 0.320. The molecular formula is C9H9BrO3. The summed E-state index contributed by atoms with van der Waals surface area (Å²) in [7, 11) is 0. The number of aromatic hydroxyl groups is 2. The Labute approximate surface area is 84.1 Å². The second kappa shape index (κ2) is 3.79. The SMILES string of the molecule is CCC(=O)c1cc(O)c(Br)c(O)c1. The van der Waals surface area contributed by atoms with E-state index in [1.165, 1.54) is 12.1 Å². The van der Waals surface area contributed by atoms with Crippen LogP contribution in [0.15, 0.2) is 16.6 Å². The summed E-state index contributed by atoms with van der Waals surface area (Å²) in [6, 6.07) is 2.66. The Balaban J connectivity index is 3.20. The van der Waals surface area contributed by atoms with Crippen molar-refractivity contribution in [3.8, 4) is 11.5 Å². The monoisotopic (exact) mass is 244 g/mol. The first-order valence-electron chi connectivity index (χ1n) is 3.81. The smallest absolute Gasteiger partial charge is 0.162 e. The zero-order valence-electron chi connectivity index (χ0n) is 7.04. The minimum Gasteiger partial charge on any atom is -0.507 e. The molecule has 0 aliphatic rings. The number of carbonyl (C=O) groups excluding carboxylic acids is 1. The Morgan fingerprint density at radius 3 is 2.23 bits per heavy atom. The predicted molar refractivity (Wildman–Crippen MR) is 52.1 cm³/mol. The van der Waals surface area contributed by atoms with Gasteiger partial charge < -0.3 is 10.2 Å². The van der Waals surface area contributed by atoms with Crippen molar-refractivity contribution in [1.29, 1.82) is 0 Å². The average molecular weight is 245 g/mol. The zero-order valence-corrected chi connectivity index (χ0v) is 8.63. The maximum atomic E-state index is 11.2. The van der Waals surface area contributed by atoms with Gasteiger partial charge in [0.25, 0.3) is 0 Å². The number of rotatable bonds is 2. The van der Waals surface area contributed by atoms with Crippen molar-refractivity contribution >= 4 is 21.7 Å². The molecule has 0 unspecified atom stereocenters. The third kappa shape index (κ3) is 2.01. The molecule has 0 heterocycles. The van der Waals surface area contributed by atoms with Gasteiger partial charge in [-0.05, 0) is 28.1 Å². The summed E-state index contributed by atoms with van der Waals surface area (Å²) in [6.07, 6.45) is 0.348. The van der Waals surface area contributed by atoms with Crippen molar-refractivity contribution in [2.75, 3.05) is 0 Å². The number of hydrogen-bond acceptors (Lipinski definition) is 3. The Bertz CT molecular complexity index is 324. The molecule has 0 bridgehead atoms. The third-order valence-electron chi connectivity index (χ3n) is 1.68. The van der Waals surface area contributed by atoms with Crippen molar-refractivity contribution in [3.05, 3.63) is 22.2 Å². The van der Waals surface area contributed by atoms with Crippen LogP contribution < -0.4 is 0 Å². The lowest BCUT2D eigenvalue weighted by molar-refractivity contribution is 0.0987. The van der Waals surface area contributed by atoms with Gasteiger partial charge in [0.05, 0.1) is 0 Å². The second-order valence-electron chi connectivity index (χ2n) is 2.61. The van der Waals surface area contributed by atoms with Crippen LogP contribution in [0.25, 0.3) is 0 Å². The highest BCUT2D eigenvalue weighted by Gasteiger charge is 2.10. The van der Waals surface area contributed by atoms with Gasteiger partial charge in [-0.15, -0.1) is 0 Å². The van der Waals surface area contributed by atoms with E-state index in [4.69, 9.17) is 0 Å². The van der Waals surface area contributed by atoms with Crippen LogP contribution in [0.4, 0.5) is 0 Å². The lowest BCUT2D eigenvalue weighted by Gasteiger charge is -2.03. The highest BCUT2D eigenvalue weighted by atomic mass is 79.9. The van der Waals surface area contributed by atoms with E-state index in [-0.39, 0.29) is 21.8 Å². The fourth-order valence-electron chi connectivity index (χ4n) is 0.959. The molecule has 0 spiro atoms. The summed E-state index contributed by atoms with van der Waals surface area (Å²) in [5.74, 6) is -0.369. The molecule has 0 saturated carbocycles.